The average Bonchev–Trinajstić information content (AvgIpc) is 2.96. The first-order valence-corrected chi connectivity index (χ1v) is 10.2. The zero-order chi connectivity index (χ0) is 22.6. The fourth-order valence-electron chi connectivity index (χ4n) is 3.93. The van der Waals surface area contributed by atoms with Crippen LogP contribution in [0.3, 0.4) is 0 Å². The number of hydrogen-bond donors (Lipinski definition) is 2. The molecule has 0 saturated carbocycles. The monoisotopic (exact) mass is 458 g/mol. The molecule has 164 valence electrons. The molecule has 0 spiro atoms. The third-order valence-electron chi connectivity index (χ3n) is 5.40. The van der Waals surface area contributed by atoms with Gasteiger partial charge in [-0.3, -0.25) is 9.59 Å². The summed E-state index contributed by atoms with van der Waals surface area (Å²) >= 11 is 7.70. The standard InChI is InChI=1S/C19H23ClN2O7S/c1-18(2)13(15(24)25)22-16(26)19(3,17(22)30-18)21-14(23)8-7-9(27-4)11(28-5)12(29-6)10(8)20/h7,13,17H,1-6H3,(H,21,23)(H,24,25)/t13-,17+,19?/m0/s1. The molecule has 0 aromatic heterocycles. The number of hydrogen-bond acceptors (Lipinski definition) is 7. The fourth-order valence-corrected chi connectivity index (χ4v) is 5.88. The summed E-state index contributed by atoms with van der Waals surface area (Å²) in [4.78, 5) is 39.0. The molecule has 1 aromatic carbocycles. The fraction of sp³-hybridized carbons (Fsp3) is 0.526. The Balaban J connectivity index is 1.94. The number of ether oxygens (including phenoxy) is 3. The second kappa shape index (κ2) is 7.42. The first kappa shape index (κ1) is 22.4. The molecule has 2 amide bonds. The van der Waals surface area contributed by atoms with E-state index >= 15 is 0 Å². The molecule has 0 radical (unpaired) electrons. The Hall–Kier alpha value is -2.33. The van der Waals surface area contributed by atoms with E-state index in [-0.39, 0.29) is 27.8 Å². The predicted octanol–water partition coefficient (Wildman–Crippen LogP) is 2.00. The van der Waals surface area contributed by atoms with E-state index in [4.69, 9.17) is 25.8 Å². The molecule has 2 N–H and O–H groups in total. The van der Waals surface area contributed by atoms with Gasteiger partial charge in [0.1, 0.15) is 17.0 Å². The Labute approximate surface area is 183 Å². The van der Waals surface area contributed by atoms with Gasteiger partial charge in [-0.15, -0.1) is 11.8 Å². The van der Waals surface area contributed by atoms with Gasteiger partial charge in [-0.1, -0.05) is 11.6 Å². The van der Waals surface area contributed by atoms with Crippen LogP contribution in [-0.2, 0) is 9.59 Å². The van der Waals surface area contributed by atoms with E-state index in [1.165, 1.54) is 44.1 Å². The van der Waals surface area contributed by atoms with Crippen LogP contribution in [0.1, 0.15) is 31.1 Å². The summed E-state index contributed by atoms with van der Waals surface area (Å²) in [6.07, 6.45) is 0. The smallest absolute Gasteiger partial charge is 0.327 e. The van der Waals surface area contributed by atoms with Gasteiger partial charge in [0.05, 0.1) is 31.9 Å². The number of fused-ring (bicyclic) bond motifs is 1. The summed E-state index contributed by atoms with van der Waals surface area (Å²) in [5.74, 6) is -1.57. The number of rotatable bonds is 6. The van der Waals surface area contributed by atoms with Gasteiger partial charge in [0, 0.05) is 4.75 Å². The number of amides is 2. The van der Waals surface area contributed by atoms with Crippen molar-refractivity contribution in [1.29, 1.82) is 0 Å². The van der Waals surface area contributed by atoms with Crippen molar-refractivity contribution in [1.82, 2.24) is 10.2 Å². The second-order valence-electron chi connectivity index (χ2n) is 7.69. The van der Waals surface area contributed by atoms with Crippen molar-refractivity contribution in [3.8, 4) is 17.2 Å². The molecule has 2 fully saturated rings. The number of nitrogens with one attached hydrogen (secondary N) is 1. The molecule has 30 heavy (non-hydrogen) atoms. The summed E-state index contributed by atoms with van der Waals surface area (Å²) in [5, 5.41) is 11.8. The number of benzene rings is 1. The maximum atomic E-state index is 13.1. The maximum absolute atomic E-state index is 13.1. The van der Waals surface area contributed by atoms with Gasteiger partial charge in [-0.2, -0.15) is 0 Å². The van der Waals surface area contributed by atoms with Crippen molar-refractivity contribution in [2.75, 3.05) is 21.3 Å². The van der Waals surface area contributed by atoms with E-state index in [0.717, 1.165) is 0 Å². The van der Waals surface area contributed by atoms with Gasteiger partial charge in [0.25, 0.3) is 11.8 Å². The third kappa shape index (κ3) is 3.04. The van der Waals surface area contributed by atoms with Crippen molar-refractivity contribution < 1.29 is 33.7 Å². The Bertz CT molecular complexity index is 938. The first-order chi connectivity index (χ1) is 13.9. The largest absolute Gasteiger partial charge is 0.493 e. The Morgan fingerprint density at radius 3 is 2.27 bits per heavy atom. The first-order valence-electron chi connectivity index (χ1n) is 8.99. The molecule has 1 unspecified atom stereocenters. The highest BCUT2D eigenvalue weighted by atomic mass is 35.5. The van der Waals surface area contributed by atoms with Crippen LogP contribution in [0.4, 0.5) is 0 Å². The lowest BCUT2D eigenvalue weighted by Gasteiger charge is -2.51. The second-order valence-corrected chi connectivity index (χ2v) is 9.80. The minimum absolute atomic E-state index is 0.00250. The van der Waals surface area contributed by atoms with Gasteiger partial charge >= 0.3 is 5.97 Å². The number of methoxy groups -OCH3 is 3. The normalized spacial score (nSPS) is 26.5. The van der Waals surface area contributed by atoms with Crippen molar-refractivity contribution in [2.24, 2.45) is 0 Å². The van der Waals surface area contributed by atoms with Crippen LogP contribution in [0.5, 0.6) is 17.2 Å². The van der Waals surface area contributed by atoms with E-state index < -0.39 is 39.5 Å². The van der Waals surface area contributed by atoms with Crippen LogP contribution in [0, 0.1) is 0 Å². The van der Waals surface area contributed by atoms with Crippen molar-refractivity contribution >= 4 is 41.1 Å². The van der Waals surface area contributed by atoms with E-state index in [0.29, 0.717) is 0 Å². The lowest BCUT2D eigenvalue weighted by molar-refractivity contribution is -0.165. The van der Waals surface area contributed by atoms with Crippen LogP contribution >= 0.6 is 23.4 Å². The van der Waals surface area contributed by atoms with Crippen LogP contribution in [-0.4, -0.2) is 70.8 Å². The predicted molar refractivity (Wildman–Crippen MR) is 111 cm³/mol. The molecule has 3 rings (SSSR count). The summed E-state index contributed by atoms with van der Waals surface area (Å²) in [6.45, 7) is 5.11. The zero-order valence-electron chi connectivity index (χ0n) is 17.4. The van der Waals surface area contributed by atoms with Crippen LogP contribution in [0.25, 0.3) is 0 Å². The lowest BCUT2D eigenvalue weighted by atomic mass is 9.86. The number of carboxylic acid groups (broad SMARTS) is 1. The minimum atomic E-state index is -1.28. The van der Waals surface area contributed by atoms with Gasteiger partial charge in [0.15, 0.2) is 11.5 Å². The minimum Gasteiger partial charge on any atom is -0.493 e. The van der Waals surface area contributed by atoms with Crippen molar-refractivity contribution in [3.05, 3.63) is 16.7 Å². The number of carbonyl (C=O) groups is 3. The van der Waals surface area contributed by atoms with Crippen LogP contribution in [0.2, 0.25) is 5.02 Å². The Morgan fingerprint density at radius 2 is 1.77 bits per heavy atom. The zero-order valence-corrected chi connectivity index (χ0v) is 18.9. The number of nitrogens with zero attached hydrogens (tertiary/aromatic N) is 1. The highest BCUT2D eigenvalue weighted by Crippen LogP contribution is 2.55. The SMILES string of the molecule is COc1cc(C(=O)NC2(C)C(=O)N3[C@@H](C(=O)O)C(C)(C)S[C@@H]32)c(Cl)c(OC)c1OC. The van der Waals surface area contributed by atoms with E-state index in [1.54, 1.807) is 20.8 Å². The van der Waals surface area contributed by atoms with Gasteiger partial charge in [0.2, 0.25) is 5.75 Å². The molecule has 1 aromatic rings. The number of thioether (sulfide) groups is 1. The number of carbonyl (C=O) groups excluding carboxylic acids is 2. The van der Waals surface area contributed by atoms with E-state index in [2.05, 4.69) is 5.32 Å². The van der Waals surface area contributed by atoms with Gasteiger partial charge in [-0.05, 0) is 26.8 Å². The Morgan fingerprint density at radius 1 is 1.17 bits per heavy atom. The van der Waals surface area contributed by atoms with Crippen molar-refractivity contribution in [2.45, 2.75) is 42.5 Å². The molecule has 0 bridgehead atoms. The molecular weight excluding hydrogens is 436 g/mol. The van der Waals surface area contributed by atoms with Gasteiger partial charge < -0.3 is 29.5 Å². The number of halogens is 1. The maximum Gasteiger partial charge on any atom is 0.327 e. The quantitative estimate of drug-likeness (QED) is 0.622. The van der Waals surface area contributed by atoms with E-state index in [1.807, 2.05) is 0 Å². The van der Waals surface area contributed by atoms with Crippen LogP contribution in [0.15, 0.2) is 6.07 Å². The molecule has 2 aliphatic heterocycles. The van der Waals surface area contributed by atoms with E-state index in [9.17, 15) is 19.5 Å². The number of β-lactam (4-membered cyclic amide) rings is 1. The van der Waals surface area contributed by atoms with Gasteiger partial charge in [-0.25, -0.2) is 4.79 Å². The molecular formula is C19H23ClN2O7S. The summed E-state index contributed by atoms with van der Waals surface area (Å²) in [7, 11) is 4.20. The summed E-state index contributed by atoms with van der Waals surface area (Å²) in [6, 6.07) is 0.421. The molecule has 11 heteroatoms. The van der Waals surface area contributed by atoms with Crippen LogP contribution < -0.4 is 19.5 Å². The molecule has 9 nitrogen and oxygen atoms in total. The number of aliphatic carboxylic acids is 1. The number of carboxylic acids is 1. The van der Waals surface area contributed by atoms with Crippen molar-refractivity contribution in [3.63, 3.8) is 0 Å². The average molecular weight is 459 g/mol. The lowest BCUT2D eigenvalue weighted by Crippen LogP contribution is -2.78. The molecule has 2 heterocycles. The topological polar surface area (TPSA) is 114 Å². The molecule has 0 aliphatic carbocycles. The molecule has 2 aliphatic rings. The molecule has 2 saturated heterocycles. The highest BCUT2D eigenvalue weighted by Gasteiger charge is 2.70. The molecule has 3 atom stereocenters. The Kier molecular flexibility index (Phi) is 5.53. The highest BCUT2D eigenvalue weighted by molar-refractivity contribution is 8.01. The third-order valence-corrected chi connectivity index (χ3v) is 7.53. The summed E-state index contributed by atoms with van der Waals surface area (Å²) in [5.41, 5.74) is -1.25. The summed E-state index contributed by atoms with van der Waals surface area (Å²) < 4.78 is 15.1.